The number of anilines is 1. The molecule has 5 heteroatoms. The van der Waals surface area contributed by atoms with Crippen LogP contribution >= 0.6 is 43.5 Å². The molecule has 1 heterocycles. The Hall–Kier alpha value is -0.450. The Morgan fingerprint density at radius 1 is 1.24 bits per heavy atom. The molecule has 0 fully saturated rings. The minimum atomic E-state index is 0.0822. The van der Waals surface area contributed by atoms with E-state index in [1.165, 1.54) is 0 Å². The van der Waals surface area contributed by atoms with E-state index in [1.54, 1.807) is 0 Å². The maximum absolute atomic E-state index is 5.89. The van der Waals surface area contributed by atoms with Crippen LogP contribution < -0.4 is 5.32 Å². The molecule has 1 aromatic heterocycles. The van der Waals surface area contributed by atoms with Crippen LogP contribution in [0.5, 0.6) is 0 Å². The molecule has 17 heavy (non-hydrogen) atoms. The van der Waals surface area contributed by atoms with E-state index in [1.807, 2.05) is 37.3 Å². The third-order valence-electron chi connectivity index (χ3n) is 2.32. The number of hydrogen-bond acceptors (Lipinski definition) is 2. The van der Waals surface area contributed by atoms with Crippen molar-refractivity contribution in [2.45, 2.75) is 13.0 Å². The first-order chi connectivity index (χ1) is 8.06. The summed E-state index contributed by atoms with van der Waals surface area (Å²) in [5.41, 5.74) is 0.981. The van der Waals surface area contributed by atoms with E-state index in [2.05, 4.69) is 37.2 Å². The molecule has 0 bridgehead atoms. The maximum atomic E-state index is 5.89. The average Bonchev–Trinajstić information content (AvgIpc) is 2.69. The number of rotatable bonds is 3. The molecule has 1 aromatic carbocycles. The lowest BCUT2D eigenvalue weighted by atomic mass is 10.2. The summed E-state index contributed by atoms with van der Waals surface area (Å²) < 4.78 is 7.16. The molecule has 90 valence electrons. The zero-order valence-electron chi connectivity index (χ0n) is 9.01. The van der Waals surface area contributed by atoms with Crippen molar-refractivity contribution in [1.29, 1.82) is 0 Å². The lowest BCUT2D eigenvalue weighted by molar-refractivity contribution is 0.471. The molecule has 1 N–H and O–H groups in total. The molecule has 0 aliphatic rings. The van der Waals surface area contributed by atoms with Crippen LogP contribution in [0.4, 0.5) is 5.69 Å². The van der Waals surface area contributed by atoms with E-state index in [-0.39, 0.29) is 6.04 Å². The molecule has 0 saturated heterocycles. The number of benzene rings is 1. The smallest absolute Gasteiger partial charge is 0.169 e. The van der Waals surface area contributed by atoms with Crippen LogP contribution in [-0.2, 0) is 0 Å². The first kappa shape index (κ1) is 13.0. The van der Waals surface area contributed by atoms with Crippen LogP contribution in [0.1, 0.15) is 18.7 Å². The molecule has 0 saturated carbocycles. The van der Waals surface area contributed by atoms with Gasteiger partial charge < -0.3 is 9.73 Å². The van der Waals surface area contributed by atoms with Crippen LogP contribution in [0.15, 0.2) is 43.9 Å². The number of halogens is 3. The Morgan fingerprint density at radius 3 is 2.59 bits per heavy atom. The van der Waals surface area contributed by atoms with Gasteiger partial charge in [-0.25, -0.2) is 0 Å². The topological polar surface area (TPSA) is 25.2 Å². The second kappa shape index (κ2) is 5.46. The van der Waals surface area contributed by atoms with E-state index in [0.29, 0.717) is 5.02 Å². The highest BCUT2D eigenvalue weighted by Crippen LogP contribution is 2.30. The van der Waals surface area contributed by atoms with Crippen molar-refractivity contribution >= 4 is 49.1 Å². The van der Waals surface area contributed by atoms with Gasteiger partial charge in [-0.3, -0.25) is 0 Å². The Kier molecular flexibility index (Phi) is 4.17. The quantitative estimate of drug-likeness (QED) is 0.747. The minimum absolute atomic E-state index is 0.0822. The van der Waals surface area contributed by atoms with Gasteiger partial charge in [0.15, 0.2) is 4.67 Å². The second-order valence-corrected chi connectivity index (χ2v) is 5.70. The van der Waals surface area contributed by atoms with Crippen molar-refractivity contribution in [3.63, 3.8) is 0 Å². The normalized spacial score (nSPS) is 12.5. The van der Waals surface area contributed by atoms with Crippen molar-refractivity contribution in [3.8, 4) is 0 Å². The van der Waals surface area contributed by atoms with Gasteiger partial charge in [-0.1, -0.05) is 11.6 Å². The van der Waals surface area contributed by atoms with Crippen LogP contribution in [0, 0.1) is 0 Å². The van der Waals surface area contributed by atoms with E-state index in [4.69, 9.17) is 16.0 Å². The zero-order chi connectivity index (χ0) is 12.4. The number of furan rings is 1. The highest BCUT2D eigenvalue weighted by molar-refractivity contribution is 9.10. The first-order valence-corrected chi connectivity index (χ1v) is 6.99. The average molecular weight is 379 g/mol. The van der Waals surface area contributed by atoms with E-state index >= 15 is 0 Å². The van der Waals surface area contributed by atoms with Gasteiger partial charge >= 0.3 is 0 Å². The molecule has 2 nitrogen and oxygen atoms in total. The molecule has 0 radical (unpaired) electrons. The zero-order valence-corrected chi connectivity index (χ0v) is 12.9. The lowest BCUT2D eigenvalue weighted by Crippen LogP contribution is -2.05. The van der Waals surface area contributed by atoms with Gasteiger partial charge in [0.1, 0.15) is 5.76 Å². The molecule has 2 aromatic rings. The molecule has 0 amide bonds. The van der Waals surface area contributed by atoms with Gasteiger partial charge in [-0.2, -0.15) is 0 Å². The summed E-state index contributed by atoms with van der Waals surface area (Å²) in [6.07, 6.45) is 0. The summed E-state index contributed by atoms with van der Waals surface area (Å²) in [6.45, 7) is 2.03. The molecule has 1 atom stereocenters. The highest BCUT2D eigenvalue weighted by atomic mass is 79.9. The SMILES string of the molecule is CC(Nc1ccc(Cl)cc1Br)c1ccc(Br)o1. The van der Waals surface area contributed by atoms with E-state index in [9.17, 15) is 0 Å². The van der Waals surface area contributed by atoms with Crippen molar-refractivity contribution in [2.75, 3.05) is 5.32 Å². The van der Waals surface area contributed by atoms with Crippen molar-refractivity contribution in [1.82, 2.24) is 0 Å². The largest absolute Gasteiger partial charge is 0.452 e. The summed E-state index contributed by atoms with van der Waals surface area (Å²) in [5.74, 6) is 0.874. The first-order valence-electron chi connectivity index (χ1n) is 5.03. The Bertz CT molecular complexity index is 527. The summed E-state index contributed by atoms with van der Waals surface area (Å²) in [6, 6.07) is 9.53. The van der Waals surface area contributed by atoms with Crippen LogP contribution in [-0.4, -0.2) is 0 Å². The van der Waals surface area contributed by atoms with Gasteiger partial charge in [0.2, 0.25) is 0 Å². The molecule has 2 rings (SSSR count). The number of nitrogens with one attached hydrogen (secondary N) is 1. The van der Waals surface area contributed by atoms with Crippen molar-refractivity contribution in [2.24, 2.45) is 0 Å². The third-order valence-corrected chi connectivity index (χ3v) is 3.64. The minimum Gasteiger partial charge on any atom is -0.452 e. The molecule has 0 aliphatic carbocycles. The molecular weight excluding hydrogens is 369 g/mol. The van der Waals surface area contributed by atoms with Gasteiger partial charge in [0.05, 0.1) is 6.04 Å². The predicted octanol–water partition coefficient (Wildman–Crippen LogP) is 5.63. The van der Waals surface area contributed by atoms with Gasteiger partial charge in [-0.05, 0) is 69.1 Å². The highest BCUT2D eigenvalue weighted by Gasteiger charge is 2.11. The fourth-order valence-corrected chi connectivity index (χ4v) is 2.59. The second-order valence-electron chi connectivity index (χ2n) is 3.63. The third kappa shape index (κ3) is 3.27. The number of hydrogen-bond donors (Lipinski definition) is 1. The summed E-state index contributed by atoms with van der Waals surface area (Å²) in [5, 5.41) is 4.05. The van der Waals surface area contributed by atoms with E-state index in [0.717, 1.165) is 20.6 Å². The lowest BCUT2D eigenvalue weighted by Gasteiger charge is -2.14. The Morgan fingerprint density at radius 2 is 2.00 bits per heavy atom. The molecule has 1 unspecified atom stereocenters. The summed E-state index contributed by atoms with van der Waals surface area (Å²) >= 11 is 12.6. The Balaban J connectivity index is 2.15. The fourth-order valence-electron chi connectivity index (χ4n) is 1.47. The van der Waals surface area contributed by atoms with Crippen molar-refractivity contribution in [3.05, 3.63) is 50.3 Å². The van der Waals surface area contributed by atoms with Crippen LogP contribution in [0.3, 0.4) is 0 Å². The van der Waals surface area contributed by atoms with Crippen molar-refractivity contribution < 1.29 is 4.42 Å². The van der Waals surface area contributed by atoms with Gasteiger partial charge in [0, 0.05) is 15.2 Å². The summed E-state index contributed by atoms with van der Waals surface area (Å²) in [4.78, 5) is 0. The summed E-state index contributed by atoms with van der Waals surface area (Å²) in [7, 11) is 0. The van der Waals surface area contributed by atoms with Crippen LogP contribution in [0.25, 0.3) is 0 Å². The fraction of sp³-hybridized carbons (Fsp3) is 0.167. The van der Waals surface area contributed by atoms with Gasteiger partial charge in [-0.15, -0.1) is 0 Å². The van der Waals surface area contributed by atoms with Crippen LogP contribution in [0.2, 0.25) is 5.02 Å². The molecule has 0 aliphatic heterocycles. The predicted molar refractivity (Wildman–Crippen MR) is 77.6 cm³/mol. The maximum Gasteiger partial charge on any atom is 0.169 e. The standard InChI is InChI=1S/C12H10Br2ClNO/c1-7(11-4-5-12(14)17-11)16-10-3-2-8(15)6-9(10)13/h2-7,16H,1H3. The monoisotopic (exact) mass is 377 g/mol. The molecular formula is C12H10Br2ClNO. The Labute approximate surface area is 122 Å². The van der Waals surface area contributed by atoms with E-state index < -0.39 is 0 Å². The van der Waals surface area contributed by atoms with Gasteiger partial charge in [0.25, 0.3) is 0 Å². The molecule has 0 spiro atoms.